The third-order valence-corrected chi connectivity index (χ3v) is 7.33. The first-order chi connectivity index (χ1) is 14.1. The molecular formula is C20H22ClN3O5S. The molecule has 1 aliphatic rings. The van der Waals surface area contributed by atoms with E-state index in [9.17, 15) is 23.3 Å². The maximum Gasteiger partial charge on any atom is 0.270 e. The number of non-ortho nitro benzene ring substituents is 1. The van der Waals surface area contributed by atoms with E-state index in [0.29, 0.717) is 5.92 Å². The zero-order chi connectivity index (χ0) is 22.1. The Kier molecular flexibility index (Phi) is 6.44. The van der Waals surface area contributed by atoms with Gasteiger partial charge in [-0.25, -0.2) is 8.42 Å². The number of carbonyl (C=O) groups is 1. The molecule has 0 radical (unpaired) electrons. The van der Waals surface area contributed by atoms with Crippen molar-refractivity contribution >= 4 is 33.2 Å². The van der Waals surface area contributed by atoms with E-state index in [4.69, 9.17) is 11.6 Å². The number of nitro benzene ring substituents is 1. The molecule has 1 heterocycles. The summed E-state index contributed by atoms with van der Waals surface area (Å²) >= 11 is 6.05. The van der Waals surface area contributed by atoms with Crippen LogP contribution >= 0.6 is 11.6 Å². The number of halogens is 1. The molecule has 1 saturated heterocycles. The highest BCUT2D eigenvalue weighted by atomic mass is 35.5. The summed E-state index contributed by atoms with van der Waals surface area (Å²) in [5.74, 6) is -0.0733. The third-order valence-electron chi connectivity index (χ3n) is 5.10. The molecule has 1 fully saturated rings. The van der Waals surface area contributed by atoms with Gasteiger partial charge in [0.05, 0.1) is 20.4 Å². The number of carbonyl (C=O) groups excluding carboxylic acids is 1. The van der Waals surface area contributed by atoms with Crippen LogP contribution in [0.5, 0.6) is 0 Å². The molecule has 0 atom stereocenters. The molecule has 0 aliphatic carbocycles. The van der Waals surface area contributed by atoms with Crippen LogP contribution in [0.15, 0.2) is 47.4 Å². The lowest BCUT2D eigenvalue weighted by molar-refractivity contribution is -0.384. The van der Waals surface area contributed by atoms with Gasteiger partial charge >= 0.3 is 0 Å². The van der Waals surface area contributed by atoms with Crippen LogP contribution in [0, 0.1) is 10.1 Å². The van der Waals surface area contributed by atoms with Crippen molar-refractivity contribution in [2.75, 3.05) is 26.2 Å². The number of benzene rings is 2. The van der Waals surface area contributed by atoms with Crippen molar-refractivity contribution in [3.8, 4) is 0 Å². The standard InChI is InChI=1S/C20H22ClN3O5S/c1-14(2)15-3-6-17(7-4-15)30(28,29)23-11-9-22(10-12-23)20(25)18-8-5-16(24(26)27)13-19(18)21/h3-8,13-14H,9-12H2,1-2H3. The lowest BCUT2D eigenvalue weighted by Crippen LogP contribution is -2.50. The normalized spacial score (nSPS) is 15.4. The smallest absolute Gasteiger partial charge is 0.270 e. The van der Waals surface area contributed by atoms with Crippen molar-refractivity contribution in [1.82, 2.24) is 9.21 Å². The van der Waals surface area contributed by atoms with Crippen molar-refractivity contribution in [3.63, 3.8) is 0 Å². The molecule has 0 bridgehead atoms. The first-order valence-corrected chi connectivity index (χ1v) is 11.3. The number of hydrogen-bond acceptors (Lipinski definition) is 5. The van der Waals surface area contributed by atoms with Crippen LogP contribution in [0.4, 0.5) is 5.69 Å². The van der Waals surface area contributed by atoms with E-state index >= 15 is 0 Å². The van der Waals surface area contributed by atoms with Crippen molar-refractivity contribution in [2.45, 2.75) is 24.7 Å². The van der Waals surface area contributed by atoms with Crippen LogP contribution in [0.2, 0.25) is 5.02 Å². The number of nitrogens with zero attached hydrogens (tertiary/aromatic N) is 3. The molecule has 1 amide bonds. The summed E-state index contributed by atoms with van der Waals surface area (Å²) in [5.41, 5.74) is 1.02. The first-order valence-electron chi connectivity index (χ1n) is 9.44. The summed E-state index contributed by atoms with van der Waals surface area (Å²) < 4.78 is 27.2. The lowest BCUT2D eigenvalue weighted by Gasteiger charge is -2.34. The number of rotatable bonds is 5. The summed E-state index contributed by atoms with van der Waals surface area (Å²) in [5, 5.41) is 10.8. The number of hydrogen-bond donors (Lipinski definition) is 0. The maximum atomic E-state index is 12.9. The Labute approximate surface area is 180 Å². The molecular weight excluding hydrogens is 430 g/mol. The zero-order valence-electron chi connectivity index (χ0n) is 16.6. The minimum atomic E-state index is -3.65. The Morgan fingerprint density at radius 3 is 2.17 bits per heavy atom. The molecule has 1 aliphatic heterocycles. The average molecular weight is 452 g/mol. The van der Waals surface area contributed by atoms with Crippen LogP contribution in [-0.2, 0) is 10.0 Å². The van der Waals surface area contributed by atoms with Gasteiger partial charge in [-0.05, 0) is 29.7 Å². The Bertz CT molecular complexity index is 1060. The monoisotopic (exact) mass is 451 g/mol. The molecule has 2 aromatic carbocycles. The summed E-state index contributed by atoms with van der Waals surface area (Å²) in [4.78, 5) is 24.7. The Balaban J connectivity index is 1.69. The minimum Gasteiger partial charge on any atom is -0.336 e. The van der Waals surface area contributed by atoms with E-state index in [-0.39, 0.29) is 53.3 Å². The van der Waals surface area contributed by atoms with Gasteiger partial charge in [-0.2, -0.15) is 4.31 Å². The van der Waals surface area contributed by atoms with Crippen LogP contribution < -0.4 is 0 Å². The molecule has 10 heteroatoms. The molecule has 0 aromatic heterocycles. The van der Waals surface area contributed by atoms with E-state index < -0.39 is 14.9 Å². The van der Waals surface area contributed by atoms with Crippen LogP contribution in [0.1, 0.15) is 35.7 Å². The molecule has 2 aromatic rings. The molecule has 30 heavy (non-hydrogen) atoms. The Morgan fingerprint density at radius 1 is 1.07 bits per heavy atom. The third kappa shape index (κ3) is 4.48. The molecule has 0 saturated carbocycles. The molecule has 0 unspecified atom stereocenters. The van der Waals surface area contributed by atoms with E-state index in [1.165, 1.54) is 21.3 Å². The highest BCUT2D eigenvalue weighted by molar-refractivity contribution is 7.89. The van der Waals surface area contributed by atoms with Crippen molar-refractivity contribution in [2.24, 2.45) is 0 Å². The Hall–Kier alpha value is -2.49. The van der Waals surface area contributed by atoms with Gasteiger partial charge in [-0.3, -0.25) is 14.9 Å². The lowest BCUT2D eigenvalue weighted by atomic mass is 10.0. The van der Waals surface area contributed by atoms with Gasteiger partial charge in [0.15, 0.2) is 0 Å². The molecule has 3 rings (SSSR count). The zero-order valence-corrected chi connectivity index (χ0v) is 18.2. The van der Waals surface area contributed by atoms with Crippen LogP contribution in [-0.4, -0.2) is 54.6 Å². The van der Waals surface area contributed by atoms with E-state index in [1.54, 1.807) is 12.1 Å². The van der Waals surface area contributed by atoms with Crippen molar-refractivity contribution in [1.29, 1.82) is 0 Å². The second-order valence-corrected chi connectivity index (χ2v) is 9.69. The maximum absolute atomic E-state index is 12.9. The summed E-state index contributed by atoms with van der Waals surface area (Å²) in [6.07, 6.45) is 0. The number of amides is 1. The van der Waals surface area contributed by atoms with Gasteiger partial charge < -0.3 is 4.90 Å². The predicted molar refractivity (Wildman–Crippen MR) is 113 cm³/mol. The highest BCUT2D eigenvalue weighted by Crippen LogP contribution is 2.25. The molecule has 160 valence electrons. The molecule has 0 N–H and O–H groups in total. The number of nitro groups is 1. The van der Waals surface area contributed by atoms with E-state index in [0.717, 1.165) is 11.6 Å². The number of sulfonamides is 1. The van der Waals surface area contributed by atoms with Crippen molar-refractivity contribution in [3.05, 3.63) is 68.7 Å². The van der Waals surface area contributed by atoms with E-state index in [1.807, 2.05) is 26.0 Å². The first kappa shape index (κ1) is 22.2. The van der Waals surface area contributed by atoms with Gasteiger partial charge in [0, 0.05) is 38.3 Å². The molecule has 8 nitrogen and oxygen atoms in total. The second-order valence-electron chi connectivity index (χ2n) is 7.34. The SMILES string of the molecule is CC(C)c1ccc(S(=O)(=O)N2CCN(C(=O)c3ccc([N+](=O)[O-])cc3Cl)CC2)cc1. The van der Waals surface area contributed by atoms with Gasteiger partial charge in [0.1, 0.15) is 0 Å². The van der Waals surface area contributed by atoms with Crippen LogP contribution in [0.25, 0.3) is 0 Å². The quantitative estimate of drug-likeness (QED) is 0.511. The van der Waals surface area contributed by atoms with Crippen LogP contribution in [0.3, 0.4) is 0 Å². The van der Waals surface area contributed by atoms with E-state index in [2.05, 4.69) is 0 Å². The Morgan fingerprint density at radius 2 is 1.67 bits per heavy atom. The fourth-order valence-electron chi connectivity index (χ4n) is 3.27. The van der Waals surface area contributed by atoms with Gasteiger partial charge in [-0.15, -0.1) is 0 Å². The van der Waals surface area contributed by atoms with Crippen molar-refractivity contribution < 1.29 is 18.1 Å². The van der Waals surface area contributed by atoms with Gasteiger partial charge in [-0.1, -0.05) is 37.6 Å². The average Bonchev–Trinajstić information content (AvgIpc) is 2.73. The molecule has 0 spiro atoms. The van der Waals surface area contributed by atoms with Gasteiger partial charge in [0.25, 0.3) is 11.6 Å². The number of piperazine rings is 1. The van der Waals surface area contributed by atoms with Gasteiger partial charge in [0.2, 0.25) is 10.0 Å². The predicted octanol–water partition coefficient (Wildman–Crippen LogP) is 3.52. The summed E-state index contributed by atoms with van der Waals surface area (Å²) in [6.45, 7) is 4.80. The highest BCUT2D eigenvalue weighted by Gasteiger charge is 2.31. The topological polar surface area (TPSA) is 101 Å². The largest absolute Gasteiger partial charge is 0.336 e. The minimum absolute atomic E-state index is 0.00510. The second kappa shape index (κ2) is 8.71. The fourth-order valence-corrected chi connectivity index (χ4v) is 4.94. The fraction of sp³-hybridized carbons (Fsp3) is 0.350. The summed E-state index contributed by atoms with van der Waals surface area (Å²) in [7, 11) is -3.65. The summed E-state index contributed by atoms with van der Waals surface area (Å²) in [6, 6.07) is 10.5.